The second-order valence-electron chi connectivity index (χ2n) is 6.71. The van der Waals surface area contributed by atoms with Crippen LogP contribution in [0.15, 0.2) is 0 Å². The molecular formula is C17H30N2O6. The average molecular weight is 358 g/mol. The van der Waals surface area contributed by atoms with E-state index in [0.717, 1.165) is 4.90 Å². The number of ether oxygens (including phenoxy) is 2. The fourth-order valence-electron chi connectivity index (χ4n) is 2.17. The molecule has 2 N–H and O–H groups in total. The summed E-state index contributed by atoms with van der Waals surface area (Å²) < 4.78 is 9.94. The quantitative estimate of drug-likeness (QED) is 0.444. The second-order valence-corrected chi connectivity index (χ2v) is 6.71. The number of hydrogen-bond donors (Lipinski definition) is 2. The summed E-state index contributed by atoms with van der Waals surface area (Å²) in [6.45, 7) is 8.41. The first-order valence-electron chi connectivity index (χ1n) is 8.83. The molecule has 8 heteroatoms. The molecule has 0 aliphatic carbocycles. The molecule has 1 aliphatic rings. The van der Waals surface area contributed by atoms with E-state index in [2.05, 4.69) is 5.32 Å². The van der Waals surface area contributed by atoms with Gasteiger partial charge in [0.05, 0.1) is 6.61 Å². The third-order valence-electron chi connectivity index (χ3n) is 3.92. The normalized spacial score (nSPS) is 20.1. The Balaban J connectivity index is 2.61. The Morgan fingerprint density at radius 1 is 1.20 bits per heavy atom. The minimum Gasteiger partial charge on any atom is -0.464 e. The van der Waals surface area contributed by atoms with Gasteiger partial charge in [0.1, 0.15) is 0 Å². The number of carbonyl (C=O) groups is 3. The van der Waals surface area contributed by atoms with E-state index >= 15 is 0 Å². The summed E-state index contributed by atoms with van der Waals surface area (Å²) in [5.74, 6) is -0.716. The third kappa shape index (κ3) is 6.99. The van der Waals surface area contributed by atoms with Gasteiger partial charge in [-0.2, -0.15) is 0 Å². The molecule has 25 heavy (non-hydrogen) atoms. The zero-order chi connectivity index (χ0) is 19.0. The van der Waals surface area contributed by atoms with Crippen LogP contribution >= 0.6 is 0 Å². The van der Waals surface area contributed by atoms with E-state index in [0.29, 0.717) is 25.3 Å². The molecule has 0 aromatic heterocycles. The first-order chi connectivity index (χ1) is 11.8. The lowest BCUT2D eigenvalue weighted by Crippen LogP contribution is -2.47. The standard InChI is InChI=1S/C17H30N2O6/c1-5-24-16(22)14-13(25-14)15(21)19(9-7-11(2)3)17(23)18-8-6-12(4)10-20/h11-14,20H,5-10H2,1-4H3,(H,18,23). The van der Waals surface area contributed by atoms with Crippen LogP contribution in [-0.4, -0.2) is 66.4 Å². The predicted octanol–water partition coefficient (Wildman–Crippen LogP) is 0.920. The van der Waals surface area contributed by atoms with Gasteiger partial charge in [0, 0.05) is 19.7 Å². The van der Waals surface area contributed by atoms with Crippen molar-refractivity contribution in [2.75, 3.05) is 26.3 Å². The van der Waals surface area contributed by atoms with Crippen molar-refractivity contribution in [1.82, 2.24) is 10.2 Å². The first kappa shape index (κ1) is 21.4. The summed E-state index contributed by atoms with van der Waals surface area (Å²) in [6, 6.07) is -0.506. The molecule has 1 heterocycles. The van der Waals surface area contributed by atoms with E-state index in [1.807, 2.05) is 20.8 Å². The molecule has 3 amide bonds. The molecular weight excluding hydrogens is 328 g/mol. The zero-order valence-corrected chi connectivity index (χ0v) is 15.5. The number of aliphatic hydroxyl groups is 1. The number of amides is 3. The highest BCUT2D eigenvalue weighted by molar-refractivity contribution is 6.01. The van der Waals surface area contributed by atoms with E-state index in [-0.39, 0.29) is 25.7 Å². The molecule has 1 saturated heterocycles. The topological polar surface area (TPSA) is 108 Å². The maximum Gasteiger partial charge on any atom is 0.338 e. The third-order valence-corrected chi connectivity index (χ3v) is 3.92. The fraction of sp³-hybridized carbons (Fsp3) is 0.824. The molecule has 3 atom stereocenters. The lowest BCUT2D eigenvalue weighted by molar-refractivity contribution is -0.144. The van der Waals surface area contributed by atoms with Crippen molar-refractivity contribution in [3.05, 3.63) is 0 Å². The largest absolute Gasteiger partial charge is 0.464 e. The summed E-state index contributed by atoms with van der Waals surface area (Å²) >= 11 is 0. The molecule has 0 radical (unpaired) electrons. The molecule has 0 bridgehead atoms. The molecule has 0 aromatic carbocycles. The molecule has 1 rings (SSSR count). The predicted molar refractivity (Wildman–Crippen MR) is 90.7 cm³/mol. The number of nitrogens with zero attached hydrogens (tertiary/aromatic N) is 1. The number of rotatable bonds is 10. The van der Waals surface area contributed by atoms with Crippen molar-refractivity contribution >= 4 is 17.9 Å². The van der Waals surface area contributed by atoms with Crippen LogP contribution < -0.4 is 5.32 Å². The Morgan fingerprint density at radius 2 is 1.88 bits per heavy atom. The highest BCUT2D eigenvalue weighted by Crippen LogP contribution is 2.26. The van der Waals surface area contributed by atoms with Crippen molar-refractivity contribution in [2.24, 2.45) is 11.8 Å². The van der Waals surface area contributed by atoms with E-state index < -0.39 is 30.1 Å². The monoisotopic (exact) mass is 358 g/mol. The van der Waals surface area contributed by atoms with Crippen LogP contribution in [0.5, 0.6) is 0 Å². The van der Waals surface area contributed by atoms with Crippen molar-refractivity contribution in [3.8, 4) is 0 Å². The molecule has 8 nitrogen and oxygen atoms in total. The van der Waals surface area contributed by atoms with Crippen molar-refractivity contribution in [3.63, 3.8) is 0 Å². The molecule has 3 unspecified atom stereocenters. The van der Waals surface area contributed by atoms with Crippen LogP contribution in [0.2, 0.25) is 0 Å². The van der Waals surface area contributed by atoms with E-state index in [9.17, 15) is 14.4 Å². The Kier molecular flexibility index (Phi) is 8.85. The van der Waals surface area contributed by atoms with Gasteiger partial charge in [0.25, 0.3) is 5.91 Å². The fourth-order valence-corrected chi connectivity index (χ4v) is 2.17. The highest BCUT2D eigenvalue weighted by atomic mass is 16.6. The van der Waals surface area contributed by atoms with Crippen LogP contribution in [0.25, 0.3) is 0 Å². The highest BCUT2D eigenvalue weighted by Gasteiger charge is 2.53. The van der Waals surface area contributed by atoms with E-state index in [1.165, 1.54) is 0 Å². The van der Waals surface area contributed by atoms with Crippen LogP contribution in [0.3, 0.4) is 0 Å². The minimum absolute atomic E-state index is 0.0446. The van der Waals surface area contributed by atoms with Gasteiger partial charge in [-0.3, -0.25) is 9.69 Å². The van der Waals surface area contributed by atoms with E-state index in [1.54, 1.807) is 6.92 Å². The number of epoxide rings is 1. The maximum atomic E-state index is 12.5. The van der Waals surface area contributed by atoms with Crippen LogP contribution in [0.1, 0.15) is 40.5 Å². The number of carbonyl (C=O) groups excluding carboxylic acids is 3. The van der Waals surface area contributed by atoms with E-state index in [4.69, 9.17) is 14.6 Å². The molecule has 1 aliphatic heterocycles. The number of urea groups is 1. The van der Waals surface area contributed by atoms with Crippen molar-refractivity contribution in [1.29, 1.82) is 0 Å². The van der Waals surface area contributed by atoms with Crippen molar-refractivity contribution < 1.29 is 29.0 Å². The lowest BCUT2D eigenvalue weighted by atomic mass is 10.1. The van der Waals surface area contributed by atoms with Crippen LogP contribution in [-0.2, 0) is 19.1 Å². The molecule has 144 valence electrons. The summed E-state index contributed by atoms with van der Waals surface area (Å²) in [6.07, 6.45) is -0.604. The number of nitrogens with one attached hydrogen (secondary N) is 1. The average Bonchev–Trinajstić information content (AvgIpc) is 3.35. The van der Waals surface area contributed by atoms with Gasteiger partial charge in [0.15, 0.2) is 12.2 Å². The number of esters is 1. The van der Waals surface area contributed by atoms with Crippen LogP contribution in [0.4, 0.5) is 4.79 Å². The molecule has 1 fully saturated rings. The Hall–Kier alpha value is -1.67. The van der Waals surface area contributed by atoms with Crippen molar-refractivity contribution in [2.45, 2.75) is 52.7 Å². The Bertz CT molecular complexity index is 468. The molecule has 0 aromatic rings. The Labute approximate surface area is 148 Å². The summed E-state index contributed by atoms with van der Waals surface area (Å²) in [4.78, 5) is 37.6. The van der Waals surface area contributed by atoms with Gasteiger partial charge < -0.3 is 19.9 Å². The summed E-state index contributed by atoms with van der Waals surface area (Å²) in [5.41, 5.74) is 0. The van der Waals surface area contributed by atoms with Gasteiger partial charge in [-0.1, -0.05) is 20.8 Å². The SMILES string of the molecule is CCOC(=O)C1OC1C(=O)N(CCC(C)C)C(=O)NCCC(C)CO. The van der Waals surface area contributed by atoms with Gasteiger partial charge in [-0.05, 0) is 31.6 Å². The first-order valence-corrected chi connectivity index (χ1v) is 8.83. The Morgan fingerprint density at radius 3 is 2.44 bits per heavy atom. The summed E-state index contributed by atoms with van der Waals surface area (Å²) in [7, 11) is 0. The maximum absolute atomic E-state index is 12.5. The number of aliphatic hydroxyl groups excluding tert-OH is 1. The van der Waals surface area contributed by atoms with Gasteiger partial charge >= 0.3 is 12.0 Å². The zero-order valence-electron chi connectivity index (χ0n) is 15.5. The van der Waals surface area contributed by atoms with Gasteiger partial charge in [-0.15, -0.1) is 0 Å². The molecule has 0 saturated carbocycles. The minimum atomic E-state index is -0.951. The van der Waals surface area contributed by atoms with Gasteiger partial charge in [-0.25, -0.2) is 9.59 Å². The molecule has 0 spiro atoms. The van der Waals surface area contributed by atoms with Crippen LogP contribution in [0, 0.1) is 11.8 Å². The summed E-state index contributed by atoms with van der Waals surface area (Å²) in [5, 5.41) is 11.7. The number of imide groups is 1. The smallest absolute Gasteiger partial charge is 0.338 e. The lowest BCUT2D eigenvalue weighted by Gasteiger charge is -2.22. The second kappa shape index (κ2) is 10.4. The van der Waals surface area contributed by atoms with Gasteiger partial charge in [0.2, 0.25) is 0 Å². The number of hydrogen-bond acceptors (Lipinski definition) is 6.